The molecule has 1 heterocycles. The van der Waals surface area contributed by atoms with Gasteiger partial charge in [-0.15, -0.1) is 11.6 Å². The summed E-state index contributed by atoms with van der Waals surface area (Å²) in [6.45, 7) is 2.71. The molecule has 1 N–H and O–H groups in total. The summed E-state index contributed by atoms with van der Waals surface area (Å²) in [5.74, 6) is -0.120. The topological polar surface area (TPSA) is 72.2 Å². The first-order valence-electron chi connectivity index (χ1n) is 11.1. The largest absolute Gasteiger partial charge is 0.478 e. The van der Waals surface area contributed by atoms with Gasteiger partial charge in [0, 0.05) is 12.4 Å². The summed E-state index contributed by atoms with van der Waals surface area (Å²) in [5.41, 5.74) is 5.82. The van der Waals surface area contributed by atoms with Crippen molar-refractivity contribution in [2.24, 2.45) is 0 Å². The van der Waals surface area contributed by atoms with Gasteiger partial charge in [-0.3, -0.25) is 4.79 Å². The number of carbonyl (C=O) groups excluding carboxylic acids is 1. The molecular weight excluding hydrogens is 448 g/mol. The van der Waals surface area contributed by atoms with Crippen molar-refractivity contribution >= 4 is 23.9 Å². The number of imidazole rings is 1. The molecule has 1 aromatic heterocycles. The van der Waals surface area contributed by atoms with Gasteiger partial charge < -0.3 is 9.67 Å². The molecule has 0 radical (unpaired) electrons. The Bertz CT molecular complexity index is 1230. The number of carboxylic acids is 1. The zero-order valence-corrected chi connectivity index (χ0v) is 19.8. The van der Waals surface area contributed by atoms with E-state index in [-0.39, 0.29) is 5.56 Å². The number of halogens is 1. The molecule has 4 aromatic rings. The number of aldehydes is 1. The number of unbranched alkanes of at least 4 members (excludes halogenated alkanes) is 1. The fourth-order valence-corrected chi connectivity index (χ4v) is 3.67. The predicted octanol–water partition coefficient (Wildman–Crippen LogP) is 6.80. The first-order chi connectivity index (χ1) is 16.5. The zero-order valence-electron chi connectivity index (χ0n) is 19.0. The number of alkyl halides is 1. The van der Waals surface area contributed by atoms with Crippen LogP contribution in [0.1, 0.15) is 46.2 Å². The Morgan fingerprint density at radius 2 is 1.62 bits per heavy atom. The van der Waals surface area contributed by atoms with Crippen molar-refractivity contribution < 1.29 is 14.7 Å². The molecule has 5 nitrogen and oxygen atoms in total. The number of nitrogens with zero attached hydrogens (tertiary/aromatic N) is 2. The van der Waals surface area contributed by atoms with Gasteiger partial charge >= 0.3 is 5.97 Å². The maximum Gasteiger partial charge on any atom is 0.335 e. The Morgan fingerprint density at radius 3 is 2.21 bits per heavy atom. The molecule has 0 spiro atoms. The second-order valence-corrected chi connectivity index (χ2v) is 8.15. The average molecular weight is 475 g/mol. The number of carbonyl (C=O) groups is 2. The van der Waals surface area contributed by atoms with Crippen LogP contribution in [0.2, 0.25) is 0 Å². The molecule has 0 aliphatic carbocycles. The van der Waals surface area contributed by atoms with Crippen LogP contribution in [-0.2, 0) is 6.54 Å². The van der Waals surface area contributed by atoms with Gasteiger partial charge in [0.2, 0.25) is 0 Å². The molecular formula is C28H27ClN2O3. The highest BCUT2D eigenvalue weighted by molar-refractivity contribution is 6.17. The first kappa shape index (κ1) is 24.9. The third-order valence-corrected chi connectivity index (χ3v) is 5.57. The average Bonchev–Trinajstić information content (AvgIpc) is 3.32. The van der Waals surface area contributed by atoms with E-state index in [1.54, 1.807) is 35.3 Å². The van der Waals surface area contributed by atoms with Crippen LogP contribution in [-0.4, -0.2) is 32.8 Å². The molecule has 174 valence electrons. The molecule has 0 saturated carbocycles. The van der Waals surface area contributed by atoms with Crippen LogP contribution in [0.4, 0.5) is 0 Å². The summed E-state index contributed by atoms with van der Waals surface area (Å²) >= 11 is 5.30. The van der Waals surface area contributed by atoms with E-state index < -0.39 is 5.97 Å². The van der Waals surface area contributed by atoms with Gasteiger partial charge in [0.15, 0.2) is 6.29 Å². The van der Waals surface area contributed by atoms with Crippen LogP contribution < -0.4 is 0 Å². The first-order valence-corrected chi connectivity index (χ1v) is 11.6. The highest BCUT2D eigenvalue weighted by atomic mass is 35.5. The summed E-state index contributed by atoms with van der Waals surface area (Å²) in [6, 6.07) is 23.1. The van der Waals surface area contributed by atoms with Crippen molar-refractivity contribution in [3.05, 3.63) is 102 Å². The van der Waals surface area contributed by atoms with Crippen molar-refractivity contribution in [2.45, 2.75) is 26.3 Å². The Labute approximate surface area is 204 Å². The second-order valence-electron chi connectivity index (χ2n) is 7.77. The lowest BCUT2D eigenvalue weighted by Crippen LogP contribution is -2.02. The Balaban J connectivity index is 0.000000588. The van der Waals surface area contributed by atoms with E-state index >= 15 is 0 Å². The zero-order chi connectivity index (χ0) is 24.3. The van der Waals surface area contributed by atoms with Crippen molar-refractivity contribution in [3.63, 3.8) is 0 Å². The van der Waals surface area contributed by atoms with Crippen LogP contribution in [0.15, 0.2) is 85.3 Å². The minimum Gasteiger partial charge on any atom is -0.478 e. The number of aromatic nitrogens is 2. The minimum atomic E-state index is -0.936. The molecule has 0 saturated heterocycles. The molecule has 0 bridgehead atoms. The van der Waals surface area contributed by atoms with Gasteiger partial charge in [-0.05, 0) is 52.4 Å². The van der Waals surface area contributed by atoms with E-state index in [4.69, 9.17) is 11.6 Å². The smallest absolute Gasteiger partial charge is 0.335 e. The number of carboxylic acid groups (broad SMARTS) is 1. The van der Waals surface area contributed by atoms with Gasteiger partial charge in [0.05, 0.1) is 18.1 Å². The number of rotatable bonds is 8. The second kappa shape index (κ2) is 12.5. The van der Waals surface area contributed by atoms with Crippen LogP contribution in [0, 0.1) is 0 Å². The van der Waals surface area contributed by atoms with Crippen LogP contribution in [0.25, 0.3) is 22.3 Å². The lowest BCUT2D eigenvalue weighted by atomic mass is 9.97. The maximum absolute atomic E-state index is 11.2. The molecule has 0 aliphatic rings. The third kappa shape index (κ3) is 6.65. The van der Waals surface area contributed by atoms with E-state index in [2.05, 4.69) is 18.0 Å². The monoisotopic (exact) mass is 474 g/mol. The molecule has 34 heavy (non-hydrogen) atoms. The molecule has 6 heteroatoms. The Kier molecular flexibility index (Phi) is 9.18. The standard InChI is InChI=1S/C24H18N2O3.C4H9Cl/c27-15-23-13-25-16-26(23)14-17-7-9-18(10-8-17)19-3-1-4-20(11-19)21-5-2-6-22(12-21)24(28)29;1-2-3-4-5/h1-13,15-16H,14H2,(H,28,29);2-4H2,1H3. The highest BCUT2D eigenvalue weighted by Crippen LogP contribution is 2.27. The normalized spacial score (nSPS) is 10.3. The highest BCUT2D eigenvalue weighted by Gasteiger charge is 2.07. The van der Waals surface area contributed by atoms with Crippen LogP contribution in [0.3, 0.4) is 0 Å². The number of hydrogen-bond donors (Lipinski definition) is 1. The number of aromatic carboxylic acids is 1. The van der Waals surface area contributed by atoms with Gasteiger partial charge in [-0.1, -0.05) is 67.9 Å². The minimum absolute atomic E-state index is 0.270. The third-order valence-electron chi connectivity index (χ3n) is 5.30. The fourth-order valence-electron chi connectivity index (χ4n) is 3.40. The van der Waals surface area contributed by atoms with E-state index in [9.17, 15) is 14.7 Å². The van der Waals surface area contributed by atoms with E-state index in [0.29, 0.717) is 12.2 Å². The van der Waals surface area contributed by atoms with Gasteiger partial charge in [-0.25, -0.2) is 9.78 Å². The summed E-state index contributed by atoms with van der Waals surface area (Å²) in [6.07, 6.45) is 6.36. The lowest BCUT2D eigenvalue weighted by molar-refractivity contribution is 0.0696. The SMILES string of the molecule is CCCCCl.O=Cc1cncn1Cc1ccc(-c2cccc(-c3cccc(C(=O)O)c3)c2)cc1. The number of hydrogen-bond acceptors (Lipinski definition) is 3. The summed E-state index contributed by atoms with van der Waals surface area (Å²) in [7, 11) is 0. The molecule has 0 amide bonds. The van der Waals surface area contributed by atoms with Crippen molar-refractivity contribution in [3.8, 4) is 22.3 Å². The fraction of sp³-hybridized carbons (Fsp3) is 0.179. The molecule has 4 rings (SSSR count). The molecule has 0 atom stereocenters. The lowest BCUT2D eigenvalue weighted by Gasteiger charge is -2.09. The Morgan fingerprint density at radius 1 is 0.971 bits per heavy atom. The van der Waals surface area contributed by atoms with Crippen molar-refractivity contribution in [2.75, 3.05) is 5.88 Å². The summed E-state index contributed by atoms with van der Waals surface area (Å²) in [4.78, 5) is 26.3. The van der Waals surface area contributed by atoms with Crippen molar-refractivity contribution in [1.82, 2.24) is 9.55 Å². The predicted molar refractivity (Wildman–Crippen MR) is 137 cm³/mol. The van der Waals surface area contributed by atoms with E-state index in [1.165, 1.54) is 6.42 Å². The maximum atomic E-state index is 11.2. The van der Waals surface area contributed by atoms with Gasteiger partial charge in [0.25, 0.3) is 0 Å². The van der Waals surface area contributed by atoms with Crippen LogP contribution >= 0.6 is 11.6 Å². The van der Waals surface area contributed by atoms with Crippen molar-refractivity contribution in [1.29, 1.82) is 0 Å². The molecule has 0 unspecified atom stereocenters. The molecule has 0 aliphatic heterocycles. The quantitative estimate of drug-likeness (QED) is 0.225. The Hall–Kier alpha value is -3.70. The number of benzene rings is 3. The van der Waals surface area contributed by atoms with Gasteiger partial charge in [0.1, 0.15) is 5.69 Å². The summed E-state index contributed by atoms with van der Waals surface area (Å²) in [5, 5.41) is 9.21. The van der Waals surface area contributed by atoms with Crippen LogP contribution in [0.5, 0.6) is 0 Å². The molecule has 0 fully saturated rings. The molecule has 3 aromatic carbocycles. The van der Waals surface area contributed by atoms with Gasteiger partial charge in [-0.2, -0.15) is 0 Å². The summed E-state index contributed by atoms with van der Waals surface area (Å²) < 4.78 is 1.80. The van der Waals surface area contributed by atoms with E-state index in [1.807, 2.05) is 48.5 Å². The van der Waals surface area contributed by atoms with E-state index in [0.717, 1.165) is 46.4 Å².